The van der Waals surface area contributed by atoms with Crippen LogP contribution in [-0.4, -0.2) is 30.1 Å². The van der Waals surface area contributed by atoms with Crippen LogP contribution >= 0.6 is 0 Å². The van der Waals surface area contributed by atoms with Gasteiger partial charge in [0, 0.05) is 6.04 Å². The molecule has 1 aliphatic heterocycles. The maximum atomic E-state index is 13.3. The first kappa shape index (κ1) is 23.4. The van der Waals surface area contributed by atoms with E-state index < -0.39 is 0 Å². The number of benzene rings is 3. The molecule has 0 saturated heterocycles. The number of aryl methyl sites for hydroxylation is 3. The third-order valence-electron chi connectivity index (χ3n) is 6.31. The number of aliphatic imine (C=N–C) groups is 1. The fourth-order valence-corrected chi connectivity index (χ4v) is 4.17. The number of nitrogens with zero attached hydrogens (tertiary/aromatic N) is 2. The van der Waals surface area contributed by atoms with Crippen LogP contribution < -0.4 is 10.2 Å². The SMILES string of the molecule is Cc1ccc(C2=Nc3ccccc3N(CC(=O)N[C@@H](C)CCc3ccccc3)C(=O)C2)cc1C. The topological polar surface area (TPSA) is 61.8 Å². The lowest BCUT2D eigenvalue weighted by atomic mass is 10.0. The van der Waals surface area contributed by atoms with Crippen molar-refractivity contribution in [3.05, 3.63) is 95.1 Å². The molecule has 1 aliphatic rings. The molecule has 3 aromatic carbocycles. The molecule has 0 bridgehead atoms. The van der Waals surface area contributed by atoms with Gasteiger partial charge in [-0.2, -0.15) is 0 Å². The van der Waals surface area contributed by atoms with Gasteiger partial charge in [0.2, 0.25) is 11.8 Å². The van der Waals surface area contributed by atoms with Crippen molar-refractivity contribution in [3.8, 4) is 0 Å². The van der Waals surface area contributed by atoms with E-state index in [2.05, 4.69) is 43.4 Å². The molecule has 0 spiro atoms. The van der Waals surface area contributed by atoms with Crippen LogP contribution in [0.1, 0.15) is 42.0 Å². The molecule has 174 valence electrons. The lowest BCUT2D eigenvalue weighted by Crippen LogP contribution is -2.43. The van der Waals surface area contributed by atoms with Crippen molar-refractivity contribution < 1.29 is 9.59 Å². The molecule has 1 heterocycles. The van der Waals surface area contributed by atoms with E-state index in [-0.39, 0.29) is 30.8 Å². The number of carbonyl (C=O) groups excluding carboxylic acids is 2. The summed E-state index contributed by atoms with van der Waals surface area (Å²) in [6.45, 7) is 6.10. The van der Waals surface area contributed by atoms with Crippen molar-refractivity contribution in [2.75, 3.05) is 11.4 Å². The highest BCUT2D eigenvalue weighted by molar-refractivity contribution is 6.18. The molecule has 0 fully saturated rings. The highest BCUT2D eigenvalue weighted by atomic mass is 16.2. The molecular weight excluding hydrogens is 422 g/mol. The Morgan fingerprint density at radius 2 is 1.74 bits per heavy atom. The normalized spacial score (nSPS) is 14.1. The van der Waals surface area contributed by atoms with Gasteiger partial charge in [0.1, 0.15) is 6.54 Å². The first-order chi connectivity index (χ1) is 16.4. The van der Waals surface area contributed by atoms with Gasteiger partial charge in [-0.1, -0.05) is 54.6 Å². The molecular formula is C29H31N3O2. The van der Waals surface area contributed by atoms with Crippen LogP contribution in [0, 0.1) is 13.8 Å². The van der Waals surface area contributed by atoms with Crippen LogP contribution in [0.15, 0.2) is 77.8 Å². The molecule has 0 radical (unpaired) electrons. The maximum absolute atomic E-state index is 13.3. The largest absolute Gasteiger partial charge is 0.352 e. The minimum atomic E-state index is -0.168. The van der Waals surface area contributed by atoms with E-state index in [4.69, 9.17) is 4.99 Å². The van der Waals surface area contributed by atoms with Crippen molar-refractivity contribution in [2.45, 2.75) is 46.1 Å². The number of amides is 2. The summed E-state index contributed by atoms with van der Waals surface area (Å²) in [7, 11) is 0. The van der Waals surface area contributed by atoms with Crippen LogP contribution in [0.25, 0.3) is 0 Å². The van der Waals surface area contributed by atoms with E-state index in [1.54, 1.807) is 4.90 Å². The smallest absolute Gasteiger partial charge is 0.240 e. The zero-order valence-corrected chi connectivity index (χ0v) is 20.0. The van der Waals surface area contributed by atoms with Crippen LogP contribution in [0.2, 0.25) is 0 Å². The summed E-state index contributed by atoms with van der Waals surface area (Å²) in [6.07, 6.45) is 1.87. The van der Waals surface area contributed by atoms with Gasteiger partial charge in [-0.25, -0.2) is 0 Å². The number of anilines is 1. The van der Waals surface area contributed by atoms with Gasteiger partial charge in [-0.3, -0.25) is 14.6 Å². The van der Waals surface area contributed by atoms with Gasteiger partial charge in [0.15, 0.2) is 0 Å². The monoisotopic (exact) mass is 453 g/mol. The van der Waals surface area contributed by atoms with Crippen molar-refractivity contribution in [3.63, 3.8) is 0 Å². The molecule has 0 saturated carbocycles. The summed E-state index contributed by atoms with van der Waals surface area (Å²) >= 11 is 0. The minimum Gasteiger partial charge on any atom is -0.352 e. The predicted octanol–water partition coefficient (Wildman–Crippen LogP) is 5.30. The Bertz CT molecular complexity index is 1220. The number of hydrogen-bond donors (Lipinski definition) is 1. The number of nitrogens with one attached hydrogen (secondary N) is 1. The molecule has 5 nitrogen and oxygen atoms in total. The fourth-order valence-electron chi connectivity index (χ4n) is 4.17. The molecule has 5 heteroatoms. The molecule has 4 rings (SSSR count). The summed E-state index contributed by atoms with van der Waals surface area (Å²) < 4.78 is 0. The standard InChI is InChI=1S/C29H31N3O2/c1-20-13-16-24(17-21(20)2)26-18-29(34)32(27-12-8-7-11-25(27)31-26)19-28(33)30-22(3)14-15-23-9-5-4-6-10-23/h4-13,16-17,22H,14-15,18-19H2,1-3H3,(H,30,33)/t22-/m0/s1. The highest BCUT2D eigenvalue weighted by Gasteiger charge is 2.27. The molecule has 3 aromatic rings. The van der Waals surface area contributed by atoms with Crippen molar-refractivity contribution in [1.82, 2.24) is 5.32 Å². The third kappa shape index (κ3) is 5.60. The lowest BCUT2D eigenvalue weighted by molar-refractivity contribution is -0.123. The molecule has 1 atom stereocenters. The average molecular weight is 454 g/mol. The Labute approximate surface area is 201 Å². The van der Waals surface area contributed by atoms with Crippen molar-refractivity contribution >= 4 is 28.9 Å². The molecule has 0 unspecified atom stereocenters. The van der Waals surface area contributed by atoms with Gasteiger partial charge in [-0.15, -0.1) is 0 Å². The second-order valence-corrected chi connectivity index (χ2v) is 9.00. The second-order valence-electron chi connectivity index (χ2n) is 9.00. The Morgan fingerprint density at radius 1 is 1.00 bits per heavy atom. The van der Waals surface area contributed by atoms with E-state index in [9.17, 15) is 9.59 Å². The van der Waals surface area contributed by atoms with E-state index >= 15 is 0 Å². The zero-order valence-electron chi connectivity index (χ0n) is 20.0. The summed E-state index contributed by atoms with van der Waals surface area (Å²) in [6, 6.07) is 23.9. The average Bonchev–Trinajstić information content (AvgIpc) is 2.96. The van der Waals surface area contributed by atoms with E-state index in [1.165, 1.54) is 11.1 Å². The van der Waals surface area contributed by atoms with Crippen molar-refractivity contribution in [1.29, 1.82) is 0 Å². The second kappa shape index (κ2) is 10.5. The number of fused-ring (bicyclic) bond motifs is 1. The summed E-state index contributed by atoms with van der Waals surface area (Å²) in [5.74, 6) is -0.299. The maximum Gasteiger partial charge on any atom is 0.240 e. The summed E-state index contributed by atoms with van der Waals surface area (Å²) in [5.41, 5.74) is 6.63. The number of rotatable bonds is 7. The first-order valence-electron chi connectivity index (χ1n) is 11.8. The van der Waals surface area contributed by atoms with E-state index in [1.807, 2.05) is 55.5 Å². The van der Waals surface area contributed by atoms with Crippen LogP contribution in [0.5, 0.6) is 0 Å². The Balaban J connectivity index is 1.47. The van der Waals surface area contributed by atoms with Crippen LogP contribution in [0.3, 0.4) is 0 Å². The Hall–Kier alpha value is -3.73. The predicted molar refractivity (Wildman–Crippen MR) is 138 cm³/mol. The van der Waals surface area contributed by atoms with Crippen LogP contribution in [0.4, 0.5) is 11.4 Å². The van der Waals surface area contributed by atoms with Crippen molar-refractivity contribution in [2.24, 2.45) is 4.99 Å². The number of para-hydroxylation sites is 2. The molecule has 1 N–H and O–H groups in total. The number of carbonyl (C=O) groups is 2. The molecule has 0 aliphatic carbocycles. The minimum absolute atomic E-state index is 0.00683. The van der Waals surface area contributed by atoms with Crippen LogP contribution in [-0.2, 0) is 16.0 Å². The fraction of sp³-hybridized carbons (Fsp3) is 0.276. The number of hydrogen-bond acceptors (Lipinski definition) is 3. The first-order valence-corrected chi connectivity index (χ1v) is 11.8. The quantitative estimate of drug-likeness (QED) is 0.528. The van der Waals surface area contributed by atoms with Gasteiger partial charge in [-0.05, 0) is 74.1 Å². The summed E-state index contributed by atoms with van der Waals surface area (Å²) in [5, 5.41) is 3.06. The lowest BCUT2D eigenvalue weighted by Gasteiger charge is -2.23. The van der Waals surface area contributed by atoms with Gasteiger partial charge in [0.05, 0.1) is 23.5 Å². The Morgan fingerprint density at radius 3 is 2.50 bits per heavy atom. The highest BCUT2D eigenvalue weighted by Crippen LogP contribution is 2.33. The van der Waals surface area contributed by atoms with Gasteiger partial charge in [0.25, 0.3) is 0 Å². The third-order valence-corrected chi connectivity index (χ3v) is 6.31. The zero-order chi connectivity index (χ0) is 24.1. The van der Waals surface area contributed by atoms with Gasteiger partial charge < -0.3 is 10.2 Å². The Kier molecular flexibility index (Phi) is 7.21. The van der Waals surface area contributed by atoms with E-state index in [0.29, 0.717) is 11.4 Å². The molecule has 34 heavy (non-hydrogen) atoms. The van der Waals surface area contributed by atoms with Gasteiger partial charge >= 0.3 is 0 Å². The molecule has 0 aromatic heterocycles. The molecule has 2 amide bonds. The summed E-state index contributed by atoms with van der Waals surface area (Å²) in [4.78, 5) is 32.6. The van der Waals surface area contributed by atoms with E-state index in [0.717, 1.165) is 29.7 Å².